The van der Waals surface area contributed by atoms with E-state index in [1.807, 2.05) is 25.1 Å². The number of aliphatic hydroxyl groups is 1. The second-order valence-corrected chi connectivity index (χ2v) is 10.8. The lowest BCUT2D eigenvalue weighted by molar-refractivity contribution is -0.132. The van der Waals surface area contributed by atoms with E-state index in [2.05, 4.69) is 6.92 Å². The van der Waals surface area contributed by atoms with E-state index in [1.165, 1.54) is 16.2 Å². The molecule has 0 aliphatic carbocycles. The number of aromatic nitrogens is 1. The van der Waals surface area contributed by atoms with Gasteiger partial charge in [-0.3, -0.25) is 14.5 Å². The number of carbonyl (C=O) groups excluding carboxylic acids is 2. The molecule has 0 spiro atoms. The topological polar surface area (TPSA) is 98.2 Å². The number of unbranched alkanes of at least 4 members (excludes halogenated alkanes) is 2. The summed E-state index contributed by atoms with van der Waals surface area (Å²) in [6.07, 6.45) is 3.06. The summed E-state index contributed by atoms with van der Waals surface area (Å²) in [5.74, 6) is -0.210. The van der Waals surface area contributed by atoms with E-state index in [9.17, 15) is 14.7 Å². The van der Waals surface area contributed by atoms with Crippen LogP contribution in [0.1, 0.15) is 48.9 Å². The number of Topliss-reactive ketones (excluding diaryl/α,β-unsaturated/α-hetero) is 1. The lowest BCUT2D eigenvalue weighted by Crippen LogP contribution is -2.29. The van der Waals surface area contributed by atoms with Crippen molar-refractivity contribution in [1.82, 2.24) is 4.98 Å². The van der Waals surface area contributed by atoms with Crippen LogP contribution in [-0.4, -0.2) is 42.6 Å². The molecule has 1 fully saturated rings. The van der Waals surface area contributed by atoms with Crippen molar-refractivity contribution in [2.45, 2.75) is 39.2 Å². The Morgan fingerprint density at radius 1 is 0.976 bits per heavy atom. The van der Waals surface area contributed by atoms with Crippen LogP contribution in [0.15, 0.2) is 66.2 Å². The number of hydrogen-bond acceptors (Lipinski definition) is 8. The summed E-state index contributed by atoms with van der Waals surface area (Å²) >= 11 is 1.32. The number of rotatable bonds is 10. The third-order valence-electron chi connectivity index (χ3n) is 7.06. The monoisotopic (exact) mass is 572 g/mol. The lowest BCUT2D eigenvalue weighted by Gasteiger charge is -2.24. The first-order chi connectivity index (χ1) is 19.9. The first-order valence-electron chi connectivity index (χ1n) is 13.5. The molecule has 1 amide bonds. The molecular weight excluding hydrogens is 540 g/mol. The van der Waals surface area contributed by atoms with Gasteiger partial charge in [0.2, 0.25) is 0 Å². The molecule has 0 bridgehead atoms. The molecule has 2 heterocycles. The largest absolute Gasteiger partial charge is 0.507 e. The van der Waals surface area contributed by atoms with E-state index >= 15 is 0 Å². The van der Waals surface area contributed by atoms with Gasteiger partial charge in [0.05, 0.1) is 42.7 Å². The number of aryl methyl sites for hydroxylation is 1. The Bertz CT molecular complexity index is 1630. The predicted molar refractivity (Wildman–Crippen MR) is 160 cm³/mol. The molecule has 41 heavy (non-hydrogen) atoms. The fourth-order valence-electron chi connectivity index (χ4n) is 4.88. The van der Waals surface area contributed by atoms with Gasteiger partial charge in [0, 0.05) is 5.56 Å². The number of methoxy groups -OCH3 is 2. The molecule has 8 nitrogen and oxygen atoms in total. The predicted octanol–water partition coefficient (Wildman–Crippen LogP) is 6.82. The highest BCUT2D eigenvalue weighted by molar-refractivity contribution is 7.22. The smallest absolute Gasteiger partial charge is 0.301 e. The number of amides is 1. The highest BCUT2D eigenvalue weighted by Crippen LogP contribution is 2.46. The normalized spacial score (nSPS) is 16.4. The van der Waals surface area contributed by atoms with Gasteiger partial charge in [-0.2, -0.15) is 0 Å². The fourth-order valence-corrected chi connectivity index (χ4v) is 5.97. The number of carbonyl (C=O) groups is 2. The minimum absolute atomic E-state index is 0.0331. The van der Waals surface area contributed by atoms with Gasteiger partial charge < -0.3 is 19.3 Å². The zero-order chi connectivity index (χ0) is 29.1. The average Bonchev–Trinajstić information content (AvgIpc) is 3.52. The van der Waals surface area contributed by atoms with Crippen LogP contribution in [0.2, 0.25) is 0 Å². The van der Waals surface area contributed by atoms with Crippen LogP contribution in [0, 0.1) is 6.92 Å². The summed E-state index contributed by atoms with van der Waals surface area (Å²) in [5, 5.41) is 11.8. The van der Waals surface area contributed by atoms with Crippen LogP contribution in [0.4, 0.5) is 5.13 Å². The van der Waals surface area contributed by atoms with Crippen molar-refractivity contribution in [1.29, 1.82) is 0 Å². The molecule has 0 saturated carbocycles. The molecule has 1 atom stereocenters. The molecule has 0 radical (unpaired) electrons. The van der Waals surface area contributed by atoms with E-state index in [4.69, 9.17) is 19.2 Å². The number of fused-ring (bicyclic) bond motifs is 1. The van der Waals surface area contributed by atoms with Gasteiger partial charge in [0.1, 0.15) is 11.5 Å². The van der Waals surface area contributed by atoms with Crippen molar-refractivity contribution in [2.75, 3.05) is 25.7 Å². The Hall–Kier alpha value is -4.37. The molecule has 9 heteroatoms. The Kier molecular flexibility index (Phi) is 8.26. The van der Waals surface area contributed by atoms with E-state index in [0.717, 1.165) is 35.0 Å². The van der Waals surface area contributed by atoms with Crippen molar-refractivity contribution < 1.29 is 28.9 Å². The fraction of sp³-hybridized carbons (Fsp3) is 0.281. The molecule has 212 valence electrons. The van der Waals surface area contributed by atoms with Crippen molar-refractivity contribution in [2.24, 2.45) is 0 Å². The Morgan fingerprint density at radius 3 is 2.46 bits per heavy atom. The molecule has 4 aromatic rings. The summed E-state index contributed by atoms with van der Waals surface area (Å²) in [6.45, 7) is 4.66. The third-order valence-corrected chi connectivity index (χ3v) is 8.07. The van der Waals surface area contributed by atoms with Gasteiger partial charge in [-0.1, -0.05) is 43.2 Å². The van der Waals surface area contributed by atoms with Gasteiger partial charge in [0.25, 0.3) is 5.78 Å². The molecule has 1 aliphatic heterocycles. The number of hydrogen-bond donors (Lipinski definition) is 1. The highest BCUT2D eigenvalue weighted by atomic mass is 32.1. The number of anilines is 1. The standard InChI is InChI=1S/C32H32N2O6S/c1-5-6-7-16-40-24-15-11-21(18-25(24)39-4)28-27(29(35)20-9-12-22(38-3)13-10-20)30(36)31(37)34(28)32-33-23-14-8-19(2)17-26(23)41-32/h8-15,17-18,28,35H,5-7,16H2,1-4H3/b29-27+. The van der Waals surface area contributed by atoms with E-state index < -0.39 is 17.7 Å². The van der Waals surface area contributed by atoms with Gasteiger partial charge in [0.15, 0.2) is 16.6 Å². The van der Waals surface area contributed by atoms with E-state index in [1.54, 1.807) is 56.7 Å². The quantitative estimate of drug-likeness (QED) is 0.0964. The van der Waals surface area contributed by atoms with Gasteiger partial charge in [-0.05, 0) is 73.0 Å². The minimum Gasteiger partial charge on any atom is -0.507 e. The third kappa shape index (κ3) is 5.50. The second kappa shape index (κ2) is 12.0. The van der Waals surface area contributed by atoms with E-state index in [0.29, 0.717) is 40.1 Å². The summed E-state index contributed by atoms with van der Waals surface area (Å²) in [6, 6.07) is 16.9. The van der Waals surface area contributed by atoms with Crippen LogP contribution >= 0.6 is 11.3 Å². The van der Waals surface area contributed by atoms with Gasteiger partial charge in [-0.15, -0.1) is 0 Å². The molecule has 1 aliphatic rings. The summed E-state index contributed by atoms with van der Waals surface area (Å²) in [7, 11) is 3.09. The number of nitrogens with zero attached hydrogens (tertiary/aromatic N) is 2. The van der Waals surface area contributed by atoms with Gasteiger partial charge in [-0.25, -0.2) is 4.98 Å². The first kappa shape index (κ1) is 28.2. The lowest BCUT2D eigenvalue weighted by atomic mass is 9.95. The molecule has 3 aromatic carbocycles. The van der Waals surface area contributed by atoms with Crippen molar-refractivity contribution >= 4 is 44.1 Å². The zero-order valence-corrected chi connectivity index (χ0v) is 24.3. The Labute approximate surface area is 242 Å². The summed E-state index contributed by atoms with van der Waals surface area (Å²) < 4.78 is 17.7. The molecule has 1 saturated heterocycles. The second-order valence-electron chi connectivity index (χ2n) is 9.83. The van der Waals surface area contributed by atoms with Crippen LogP contribution in [0.5, 0.6) is 17.2 Å². The Balaban J connectivity index is 1.65. The molecule has 1 N–H and O–H groups in total. The number of aliphatic hydroxyl groups excluding tert-OH is 1. The summed E-state index contributed by atoms with van der Waals surface area (Å²) in [4.78, 5) is 33.3. The SMILES string of the molecule is CCCCCOc1ccc(C2/C(=C(\O)c3ccc(OC)cc3)C(=O)C(=O)N2c2nc3ccc(C)cc3s2)cc1OC. The summed E-state index contributed by atoms with van der Waals surface area (Å²) in [5.41, 5.74) is 2.71. The van der Waals surface area contributed by atoms with Crippen molar-refractivity contribution in [3.63, 3.8) is 0 Å². The molecule has 5 rings (SSSR count). The maximum atomic E-state index is 13.6. The number of benzene rings is 3. The number of thiazole rings is 1. The van der Waals surface area contributed by atoms with E-state index in [-0.39, 0.29) is 11.3 Å². The maximum absolute atomic E-state index is 13.6. The van der Waals surface area contributed by atoms with Crippen LogP contribution in [0.3, 0.4) is 0 Å². The van der Waals surface area contributed by atoms with Crippen LogP contribution < -0.4 is 19.1 Å². The van der Waals surface area contributed by atoms with Gasteiger partial charge >= 0.3 is 5.91 Å². The molecular formula is C32H32N2O6S. The molecule has 1 aromatic heterocycles. The van der Waals surface area contributed by atoms with Crippen LogP contribution in [-0.2, 0) is 9.59 Å². The van der Waals surface area contributed by atoms with Crippen molar-refractivity contribution in [3.05, 3.63) is 82.9 Å². The first-order valence-corrected chi connectivity index (χ1v) is 14.3. The Morgan fingerprint density at radius 2 is 1.76 bits per heavy atom. The van der Waals surface area contributed by atoms with Crippen LogP contribution in [0.25, 0.3) is 16.0 Å². The van der Waals surface area contributed by atoms with Crippen molar-refractivity contribution in [3.8, 4) is 17.2 Å². The number of ketones is 1. The number of ether oxygens (including phenoxy) is 3. The molecule has 1 unspecified atom stereocenters. The zero-order valence-electron chi connectivity index (χ0n) is 23.5. The minimum atomic E-state index is -0.943. The maximum Gasteiger partial charge on any atom is 0.301 e. The highest BCUT2D eigenvalue weighted by Gasteiger charge is 2.48. The average molecular weight is 573 g/mol.